The molecule has 1 fully saturated rings. The summed E-state index contributed by atoms with van der Waals surface area (Å²) in [5.74, 6) is -0.362. The monoisotopic (exact) mass is 412 g/mol. The van der Waals surface area contributed by atoms with Gasteiger partial charge in [-0.15, -0.1) is 24.8 Å². The zero-order chi connectivity index (χ0) is 17.5. The fraction of sp³-hybridized carbons (Fsp3) is 0.278. The molecule has 2 amide bonds. The van der Waals surface area contributed by atoms with Crippen molar-refractivity contribution in [3.63, 3.8) is 0 Å². The standard InChI is InChI=1S/C18H20N4O3.2ClH/c23-17(11-16-12-25-9-8-20-16)21-15-3-1-2-13(10-15)18(24)22-14-4-6-19-7-5-14;;/h1-7,10,16,20H,8-9,11-12H2,(H,21,23)(H,19,22,24);2*1H. The highest BCUT2D eigenvalue weighted by atomic mass is 35.5. The first-order valence-corrected chi connectivity index (χ1v) is 8.13. The summed E-state index contributed by atoms with van der Waals surface area (Å²) in [7, 11) is 0. The third kappa shape index (κ3) is 7.15. The van der Waals surface area contributed by atoms with Crippen LogP contribution in [-0.4, -0.2) is 42.6 Å². The first kappa shape index (κ1) is 22.9. The molecule has 1 aliphatic rings. The van der Waals surface area contributed by atoms with E-state index in [1.165, 1.54) is 0 Å². The molecule has 0 saturated carbocycles. The topological polar surface area (TPSA) is 92.4 Å². The molecule has 1 aromatic heterocycles. The van der Waals surface area contributed by atoms with Crippen LogP contribution >= 0.6 is 24.8 Å². The second kappa shape index (κ2) is 11.5. The summed E-state index contributed by atoms with van der Waals surface area (Å²) in [4.78, 5) is 28.3. The number of hydrogen-bond donors (Lipinski definition) is 3. The molecule has 1 aromatic carbocycles. The fourth-order valence-electron chi connectivity index (χ4n) is 2.56. The zero-order valence-electron chi connectivity index (χ0n) is 14.5. The van der Waals surface area contributed by atoms with Gasteiger partial charge in [0.25, 0.3) is 5.91 Å². The number of nitrogens with one attached hydrogen (secondary N) is 3. The number of rotatable bonds is 5. The Bertz CT molecular complexity index is 740. The van der Waals surface area contributed by atoms with Gasteiger partial charge in [-0.05, 0) is 30.3 Å². The molecule has 0 spiro atoms. The molecule has 1 saturated heterocycles. The van der Waals surface area contributed by atoms with Gasteiger partial charge in [0.1, 0.15) is 0 Å². The second-order valence-electron chi connectivity index (χ2n) is 5.75. The van der Waals surface area contributed by atoms with E-state index in [4.69, 9.17) is 4.74 Å². The van der Waals surface area contributed by atoms with Crippen LogP contribution in [0.5, 0.6) is 0 Å². The zero-order valence-corrected chi connectivity index (χ0v) is 16.1. The van der Waals surface area contributed by atoms with Crippen molar-refractivity contribution in [1.82, 2.24) is 10.3 Å². The number of amides is 2. The molecule has 27 heavy (non-hydrogen) atoms. The Labute approximate surface area is 170 Å². The fourth-order valence-corrected chi connectivity index (χ4v) is 2.56. The number of nitrogens with zero attached hydrogens (tertiary/aromatic N) is 1. The molecule has 2 heterocycles. The lowest BCUT2D eigenvalue weighted by atomic mass is 10.1. The Morgan fingerprint density at radius 2 is 1.89 bits per heavy atom. The second-order valence-corrected chi connectivity index (χ2v) is 5.75. The summed E-state index contributed by atoms with van der Waals surface area (Å²) in [6, 6.07) is 10.3. The number of anilines is 2. The molecule has 3 N–H and O–H groups in total. The molecule has 0 bridgehead atoms. The Morgan fingerprint density at radius 1 is 1.11 bits per heavy atom. The van der Waals surface area contributed by atoms with Gasteiger partial charge in [-0.25, -0.2) is 0 Å². The van der Waals surface area contributed by atoms with Crippen molar-refractivity contribution in [3.05, 3.63) is 54.4 Å². The normalized spacial score (nSPS) is 15.6. The summed E-state index contributed by atoms with van der Waals surface area (Å²) in [5.41, 5.74) is 1.72. The number of carbonyl (C=O) groups is 2. The van der Waals surface area contributed by atoms with Crippen molar-refractivity contribution >= 4 is 48.0 Å². The highest BCUT2D eigenvalue weighted by Crippen LogP contribution is 2.14. The van der Waals surface area contributed by atoms with E-state index in [0.717, 1.165) is 6.54 Å². The molecule has 146 valence electrons. The maximum Gasteiger partial charge on any atom is 0.255 e. The summed E-state index contributed by atoms with van der Waals surface area (Å²) in [6.07, 6.45) is 3.54. The first-order valence-electron chi connectivity index (χ1n) is 8.13. The third-order valence-corrected chi connectivity index (χ3v) is 3.78. The van der Waals surface area contributed by atoms with Gasteiger partial charge in [-0.3, -0.25) is 14.6 Å². The van der Waals surface area contributed by atoms with Gasteiger partial charge in [-0.1, -0.05) is 6.07 Å². The van der Waals surface area contributed by atoms with E-state index in [9.17, 15) is 9.59 Å². The molecule has 0 aliphatic carbocycles. The van der Waals surface area contributed by atoms with Crippen molar-refractivity contribution in [2.45, 2.75) is 12.5 Å². The summed E-state index contributed by atoms with van der Waals surface area (Å²) < 4.78 is 5.34. The lowest BCUT2D eigenvalue weighted by Crippen LogP contribution is -2.43. The largest absolute Gasteiger partial charge is 0.378 e. The maximum absolute atomic E-state index is 12.3. The highest BCUT2D eigenvalue weighted by Gasteiger charge is 2.17. The van der Waals surface area contributed by atoms with E-state index >= 15 is 0 Å². The van der Waals surface area contributed by atoms with Crippen LogP contribution in [-0.2, 0) is 9.53 Å². The van der Waals surface area contributed by atoms with Crippen LogP contribution in [0.1, 0.15) is 16.8 Å². The van der Waals surface area contributed by atoms with Gasteiger partial charge in [0.15, 0.2) is 0 Å². The van der Waals surface area contributed by atoms with Gasteiger partial charge in [0, 0.05) is 48.3 Å². The van der Waals surface area contributed by atoms with Crippen LogP contribution < -0.4 is 16.0 Å². The van der Waals surface area contributed by atoms with Crippen molar-refractivity contribution in [2.75, 3.05) is 30.4 Å². The Kier molecular flexibility index (Phi) is 9.74. The van der Waals surface area contributed by atoms with E-state index in [2.05, 4.69) is 20.9 Å². The predicted molar refractivity (Wildman–Crippen MR) is 109 cm³/mol. The average molecular weight is 413 g/mol. The van der Waals surface area contributed by atoms with Gasteiger partial charge in [0.2, 0.25) is 5.91 Å². The molecule has 2 aromatic rings. The minimum Gasteiger partial charge on any atom is -0.378 e. The number of morpholine rings is 1. The van der Waals surface area contributed by atoms with Crippen LogP contribution in [0, 0.1) is 0 Å². The molecule has 1 atom stereocenters. The average Bonchev–Trinajstić information content (AvgIpc) is 2.63. The summed E-state index contributed by atoms with van der Waals surface area (Å²) in [6.45, 7) is 1.96. The van der Waals surface area contributed by atoms with E-state index in [1.807, 2.05) is 0 Å². The van der Waals surface area contributed by atoms with Gasteiger partial charge in [0.05, 0.1) is 13.2 Å². The van der Waals surface area contributed by atoms with Crippen LogP contribution in [0.3, 0.4) is 0 Å². The lowest BCUT2D eigenvalue weighted by Gasteiger charge is -2.23. The molecule has 7 nitrogen and oxygen atoms in total. The Balaban J connectivity index is 0.00000182. The van der Waals surface area contributed by atoms with Crippen molar-refractivity contribution in [3.8, 4) is 0 Å². The van der Waals surface area contributed by atoms with Crippen LogP contribution in [0.25, 0.3) is 0 Å². The van der Waals surface area contributed by atoms with Crippen LogP contribution in [0.4, 0.5) is 11.4 Å². The van der Waals surface area contributed by atoms with E-state index in [0.29, 0.717) is 36.6 Å². The number of halogens is 2. The number of hydrogen-bond acceptors (Lipinski definition) is 5. The minimum atomic E-state index is -0.246. The van der Waals surface area contributed by atoms with E-state index in [1.54, 1.807) is 48.8 Å². The number of ether oxygens (including phenoxy) is 1. The molecule has 0 radical (unpaired) electrons. The minimum absolute atomic E-state index is 0. The highest BCUT2D eigenvalue weighted by molar-refractivity contribution is 6.05. The van der Waals surface area contributed by atoms with Crippen molar-refractivity contribution in [2.24, 2.45) is 0 Å². The summed E-state index contributed by atoms with van der Waals surface area (Å²) >= 11 is 0. The summed E-state index contributed by atoms with van der Waals surface area (Å²) in [5, 5.41) is 8.85. The smallest absolute Gasteiger partial charge is 0.255 e. The molecular formula is C18H22Cl2N4O3. The molecule has 9 heteroatoms. The SMILES string of the molecule is Cl.Cl.O=C(CC1COCCN1)Nc1cccc(C(=O)Nc2ccncc2)c1. The number of benzene rings is 1. The predicted octanol–water partition coefficient (Wildman–Crippen LogP) is 2.49. The van der Waals surface area contributed by atoms with Crippen molar-refractivity contribution < 1.29 is 14.3 Å². The van der Waals surface area contributed by atoms with Crippen molar-refractivity contribution in [1.29, 1.82) is 0 Å². The van der Waals surface area contributed by atoms with E-state index in [-0.39, 0.29) is 42.7 Å². The number of aromatic nitrogens is 1. The van der Waals surface area contributed by atoms with Crippen LogP contribution in [0.15, 0.2) is 48.8 Å². The van der Waals surface area contributed by atoms with Gasteiger partial charge >= 0.3 is 0 Å². The molecule has 1 unspecified atom stereocenters. The van der Waals surface area contributed by atoms with Crippen LogP contribution in [0.2, 0.25) is 0 Å². The van der Waals surface area contributed by atoms with Gasteiger partial charge < -0.3 is 20.7 Å². The molecule has 3 rings (SSSR count). The Hall–Kier alpha value is -2.19. The third-order valence-electron chi connectivity index (χ3n) is 3.78. The maximum atomic E-state index is 12.3. The molecule has 1 aliphatic heterocycles. The number of pyridine rings is 1. The molecular weight excluding hydrogens is 391 g/mol. The van der Waals surface area contributed by atoms with E-state index < -0.39 is 0 Å². The number of carbonyl (C=O) groups excluding carboxylic acids is 2. The Morgan fingerprint density at radius 3 is 2.59 bits per heavy atom. The lowest BCUT2D eigenvalue weighted by molar-refractivity contribution is -0.117. The first-order chi connectivity index (χ1) is 12.2. The van der Waals surface area contributed by atoms with Gasteiger partial charge in [-0.2, -0.15) is 0 Å². The quantitative estimate of drug-likeness (QED) is 0.701.